The number of aryl methyl sites for hydroxylation is 1. The number of carbonyl (C=O) groups excluding carboxylic acids is 3. The maximum absolute atomic E-state index is 13.6. The molecule has 0 unspecified atom stereocenters. The Hall–Kier alpha value is -3.22. The van der Waals surface area contributed by atoms with Crippen molar-refractivity contribution in [2.24, 2.45) is 0 Å². The molecule has 1 atom stereocenters. The van der Waals surface area contributed by atoms with Crippen LogP contribution >= 0.6 is 0 Å². The molecule has 1 aliphatic heterocycles. The predicted octanol–water partition coefficient (Wildman–Crippen LogP) is 2.65. The molecule has 0 aromatic heterocycles. The highest BCUT2D eigenvalue weighted by molar-refractivity contribution is 6.15. The van der Waals surface area contributed by atoms with Crippen molar-refractivity contribution in [1.82, 2.24) is 10.2 Å². The molecule has 6 nitrogen and oxygen atoms in total. The van der Waals surface area contributed by atoms with Crippen molar-refractivity contribution >= 4 is 23.5 Å². The Morgan fingerprint density at radius 2 is 1.79 bits per heavy atom. The van der Waals surface area contributed by atoms with Gasteiger partial charge in [0.05, 0.1) is 0 Å². The zero-order valence-corrected chi connectivity index (χ0v) is 15.8. The second-order valence-corrected chi connectivity index (χ2v) is 6.78. The average Bonchev–Trinajstić information content (AvgIpc) is 2.88. The standard InChI is InChI=1S/C21H22FN3O3/c1-14-7-9-17(10-8-14)25-15(2)20(27)24(21(25)28)13-19(26)23-12-11-16-5-3-4-6-18(16)22/h3-10,15H,11-13H2,1-2H3,(H,23,26)/t15-/m0/s1. The van der Waals surface area contributed by atoms with Crippen LogP contribution < -0.4 is 10.2 Å². The molecule has 4 amide bonds. The molecule has 1 aliphatic rings. The van der Waals surface area contributed by atoms with Gasteiger partial charge in [-0.1, -0.05) is 35.9 Å². The van der Waals surface area contributed by atoms with E-state index < -0.39 is 23.9 Å². The number of benzene rings is 2. The van der Waals surface area contributed by atoms with Gasteiger partial charge in [0.1, 0.15) is 18.4 Å². The quantitative estimate of drug-likeness (QED) is 0.780. The Balaban J connectivity index is 1.59. The van der Waals surface area contributed by atoms with E-state index in [-0.39, 0.29) is 18.9 Å². The van der Waals surface area contributed by atoms with Gasteiger partial charge in [-0.25, -0.2) is 9.18 Å². The fraction of sp³-hybridized carbons (Fsp3) is 0.286. The highest BCUT2D eigenvalue weighted by Crippen LogP contribution is 2.25. The summed E-state index contributed by atoms with van der Waals surface area (Å²) in [4.78, 5) is 39.7. The Kier molecular flexibility index (Phi) is 5.73. The smallest absolute Gasteiger partial charge is 0.332 e. The van der Waals surface area contributed by atoms with Gasteiger partial charge >= 0.3 is 6.03 Å². The fourth-order valence-electron chi connectivity index (χ4n) is 3.15. The Morgan fingerprint density at radius 1 is 1.11 bits per heavy atom. The third-order valence-electron chi connectivity index (χ3n) is 4.74. The number of nitrogens with one attached hydrogen (secondary N) is 1. The minimum atomic E-state index is -0.679. The number of anilines is 1. The summed E-state index contributed by atoms with van der Waals surface area (Å²) in [6.07, 6.45) is 0.326. The minimum absolute atomic E-state index is 0.215. The van der Waals surface area contributed by atoms with Crippen molar-refractivity contribution in [3.05, 3.63) is 65.5 Å². The molecule has 0 saturated carbocycles. The van der Waals surface area contributed by atoms with Gasteiger partial charge in [-0.15, -0.1) is 0 Å². The van der Waals surface area contributed by atoms with Crippen LogP contribution in [0.15, 0.2) is 48.5 Å². The van der Waals surface area contributed by atoms with Crippen molar-refractivity contribution in [2.75, 3.05) is 18.0 Å². The summed E-state index contributed by atoms with van der Waals surface area (Å²) in [6.45, 7) is 3.42. The molecular weight excluding hydrogens is 361 g/mol. The van der Waals surface area contributed by atoms with Crippen molar-refractivity contribution < 1.29 is 18.8 Å². The second kappa shape index (κ2) is 8.21. The molecule has 3 rings (SSSR count). The molecule has 1 saturated heterocycles. The summed E-state index contributed by atoms with van der Waals surface area (Å²) in [6, 6.07) is 12.4. The first-order valence-corrected chi connectivity index (χ1v) is 9.10. The number of halogens is 1. The van der Waals surface area contributed by atoms with Crippen molar-refractivity contribution in [2.45, 2.75) is 26.3 Å². The SMILES string of the molecule is Cc1ccc(N2C(=O)N(CC(=O)NCCc3ccccc3F)C(=O)[C@@H]2C)cc1. The molecule has 0 aliphatic carbocycles. The van der Waals surface area contributed by atoms with Gasteiger partial charge < -0.3 is 5.32 Å². The summed E-state index contributed by atoms with van der Waals surface area (Å²) in [5.74, 6) is -1.21. The third kappa shape index (κ3) is 4.03. The second-order valence-electron chi connectivity index (χ2n) is 6.78. The van der Waals surface area contributed by atoms with E-state index in [1.165, 1.54) is 11.0 Å². The molecular formula is C21H22FN3O3. The van der Waals surface area contributed by atoms with Crippen LogP contribution in [-0.4, -0.2) is 41.9 Å². The molecule has 28 heavy (non-hydrogen) atoms. The van der Waals surface area contributed by atoms with E-state index in [9.17, 15) is 18.8 Å². The Morgan fingerprint density at radius 3 is 2.46 bits per heavy atom. The van der Waals surface area contributed by atoms with Crippen LogP contribution in [0.4, 0.5) is 14.9 Å². The Labute approximate surface area is 162 Å². The lowest BCUT2D eigenvalue weighted by molar-refractivity contribution is -0.131. The number of urea groups is 1. The maximum Gasteiger partial charge on any atom is 0.332 e. The monoisotopic (exact) mass is 383 g/mol. The maximum atomic E-state index is 13.6. The van der Waals surface area contributed by atoms with E-state index in [4.69, 9.17) is 0 Å². The number of hydrogen-bond donors (Lipinski definition) is 1. The topological polar surface area (TPSA) is 69.7 Å². The molecule has 1 N–H and O–H groups in total. The van der Waals surface area contributed by atoms with Crippen LogP contribution in [0.5, 0.6) is 0 Å². The van der Waals surface area contributed by atoms with Gasteiger partial charge in [0.2, 0.25) is 5.91 Å². The largest absolute Gasteiger partial charge is 0.354 e. The lowest BCUT2D eigenvalue weighted by atomic mass is 10.1. The van der Waals surface area contributed by atoms with Crippen LogP contribution in [0.3, 0.4) is 0 Å². The molecule has 146 valence electrons. The van der Waals surface area contributed by atoms with Crippen molar-refractivity contribution in [1.29, 1.82) is 0 Å². The minimum Gasteiger partial charge on any atom is -0.354 e. The molecule has 2 aromatic rings. The molecule has 1 fully saturated rings. The van der Waals surface area contributed by atoms with E-state index in [0.717, 1.165) is 10.5 Å². The van der Waals surface area contributed by atoms with E-state index in [0.29, 0.717) is 17.7 Å². The first-order chi connectivity index (χ1) is 13.4. The van der Waals surface area contributed by atoms with Crippen LogP contribution in [-0.2, 0) is 16.0 Å². The number of hydrogen-bond acceptors (Lipinski definition) is 3. The van der Waals surface area contributed by atoms with Crippen LogP contribution in [0.1, 0.15) is 18.1 Å². The van der Waals surface area contributed by atoms with Gasteiger partial charge in [0, 0.05) is 12.2 Å². The molecule has 2 aromatic carbocycles. The van der Waals surface area contributed by atoms with E-state index in [1.54, 1.807) is 37.3 Å². The van der Waals surface area contributed by atoms with Crippen molar-refractivity contribution in [3.63, 3.8) is 0 Å². The molecule has 0 spiro atoms. The Bertz CT molecular complexity index is 898. The fourth-order valence-corrected chi connectivity index (χ4v) is 3.15. The summed E-state index contributed by atoms with van der Waals surface area (Å²) < 4.78 is 13.6. The molecule has 1 heterocycles. The zero-order valence-electron chi connectivity index (χ0n) is 15.8. The first-order valence-electron chi connectivity index (χ1n) is 9.10. The van der Waals surface area contributed by atoms with Crippen LogP contribution in [0, 0.1) is 12.7 Å². The van der Waals surface area contributed by atoms with Crippen LogP contribution in [0.25, 0.3) is 0 Å². The normalized spacial score (nSPS) is 16.6. The van der Waals surface area contributed by atoms with Gasteiger partial charge in [-0.3, -0.25) is 19.4 Å². The predicted molar refractivity (Wildman–Crippen MR) is 103 cm³/mol. The highest BCUT2D eigenvalue weighted by atomic mass is 19.1. The third-order valence-corrected chi connectivity index (χ3v) is 4.74. The summed E-state index contributed by atoms with van der Waals surface area (Å²) in [5.41, 5.74) is 2.15. The van der Waals surface area contributed by atoms with Crippen molar-refractivity contribution in [3.8, 4) is 0 Å². The number of nitrogens with zero attached hydrogens (tertiary/aromatic N) is 2. The number of rotatable bonds is 6. The van der Waals surface area contributed by atoms with E-state index in [1.807, 2.05) is 19.1 Å². The zero-order chi connectivity index (χ0) is 20.3. The van der Waals surface area contributed by atoms with Gasteiger partial charge in [0.15, 0.2) is 0 Å². The lowest BCUT2D eigenvalue weighted by Crippen LogP contribution is -2.42. The van der Waals surface area contributed by atoms with Crippen LogP contribution in [0.2, 0.25) is 0 Å². The molecule has 0 radical (unpaired) electrons. The van der Waals surface area contributed by atoms with E-state index in [2.05, 4.69) is 5.32 Å². The average molecular weight is 383 g/mol. The summed E-state index contributed by atoms with van der Waals surface area (Å²) in [7, 11) is 0. The molecule has 7 heteroatoms. The van der Waals surface area contributed by atoms with Gasteiger partial charge in [-0.2, -0.15) is 0 Å². The number of amides is 4. The van der Waals surface area contributed by atoms with Gasteiger partial charge in [-0.05, 0) is 44.0 Å². The first kappa shape index (κ1) is 19.5. The summed E-state index contributed by atoms with van der Waals surface area (Å²) >= 11 is 0. The number of imide groups is 1. The highest BCUT2D eigenvalue weighted by Gasteiger charge is 2.43. The molecule has 0 bridgehead atoms. The van der Waals surface area contributed by atoms with Gasteiger partial charge in [0.25, 0.3) is 5.91 Å². The van der Waals surface area contributed by atoms with E-state index >= 15 is 0 Å². The summed E-state index contributed by atoms with van der Waals surface area (Å²) in [5, 5.41) is 2.63. The lowest BCUT2D eigenvalue weighted by Gasteiger charge is -2.19. The number of carbonyl (C=O) groups is 3.